The number of carbonyl (C=O) groups excluding carboxylic acids is 2. The number of aromatic hydroxyl groups is 1. The van der Waals surface area contributed by atoms with E-state index in [0.29, 0.717) is 5.69 Å². The van der Waals surface area contributed by atoms with E-state index < -0.39 is 35.8 Å². The SMILES string of the molecule is CCO[C@@H](/C=C/C(=O)NO)[C@@H](OC(=O)Nc1ccccc1)c1ccc(O)c(F)c1. The molecule has 154 valence electrons. The second kappa shape index (κ2) is 10.8. The highest BCUT2D eigenvalue weighted by Gasteiger charge is 2.27. The first-order chi connectivity index (χ1) is 13.9. The van der Waals surface area contributed by atoms with Gasteiger partial charge in [-0.15, -0.1) is 0 Å². The number of nitrogens with one attached hydrogen (secondary N) is 2. The molecule has 0 unspecified atom stereocenters. The Balaban J connectivity index is 2.32. The summed E-state index contributed by atoms with van der Waals surface area (Å²) in [4.78, 5) is 23.7. The third kappa shape index (κ3) is 6.59. The Labute approximate surface area is 166 Å². The van der Waals surface area contributed by atoms with Gasteiger partial charge in [-0.3, -0.25) is 15.3 Å². The van der Waals surface area contributed by atoms with Gasteiger partial charge in [0.15, 0.2) is 17.7 Å². The molecule has 0 heterocycles. The number of phenols is 1. The number of para-hydroxylation sites is 1. The minimum atomic E-state index is -1.16. The first-order valence-electron chi connectivity index (χ1n) is 8.69. The van der Waals surface area contributed by atoms with Crippen LogP contribution >= 0.6 is 0 Å². The Kier molecular flexibility index (Phi) is 8.13. The summed E-state index contributed by atoms with van der Waals surface area (Å²) in [7, 11) is 0. The molecule has 0 fully saturated rings. The van der Waals surface area contributed by atoms with Gasteiger partial charge in [0.25, 0.3) is 5.91 Å². The van der Waals surface area contributed by atoms with Crippen molar-refractivity contribution in [3.05, 3.63) is 72.1 Å². The number of phenolic OH excluding ortho intramolecular Hbond substituents is 1. The van der Waals surface area contributed by atoms with Crippen molar-refractivity contribution >= 4 is 17.7 Å². The Bertz CT molecular complexity index is 859. The number of amides is 2. The maximum absolute atomic E-state index is 13.9. The van der Waals surface area contributed by atoms with E-state index in [-0.39, 0.29) is 12.2 Å². The van der Waals surface area contributed by atoms with Gasteiger partial charge in [-0.2, -0.15) is 0 Å². The quantitative estimate of drug-likeness (QED) is 0.305. The number of rotatable bonds is 8. The maximum atomic E-state index is 13.9. The summed E-state index contributed by atoms with van der Waals surface area (Å²) >= 11 is 0. The summed E-state index contributed by atoms with van der Waals surface area (Å²) in [5, 5.41) is 20.6. The highest BCUT2D eigenvalue weighted by Crippen LogP contribution is 2.29. The Hall–Kier alpha value is -3.43. The van der Waals surface area contributed by atoms with Crippen LogP contribution in [0.2, 0.25) is 0 Å². The lowest BCUT2D eigenvalue weighted by molar-refractivity contribution is -0.124. The zero-order valence-corrected chi connectivity index (χ0v) is 15.5. The van der Waals surface area contributed by atoms with Gasteiger partial charge in [-0.1, -0.05) is 24.3 Å². The Morgan fingerprint density at radius 1 is 1.21 bits per heavy atom. The van der Waals surface area contributed by atoms with Crippen LogP contribution in [0.5, 0.6) is 5.75 Å². The molecular weight excluding hydrogens is 383 g/mol. The van der Waals surface area contributed by atoms with E-state index in [0.717, 1.165) is 18.2 Å². The molecule has 2 atom stereocenters. The average molecular weight is 404 g/mol. The van der Waals surface area contributed by atoms with E-state index in [4.69, 9.17) is 14.7 Å². The van der Waals surface area contributed by atoms with E-state index in [1.54, 1.807) is 37.3 Å². The molecule has 0 aliphatic carbocycles. The second-order valence-corrected chi connectivity index (χ2v) is 5.78. The van der Waals surface area contributed by atoms with E-state index in [1.807, 2.05) is 0 Å². The maximum Gasteiger partial charge on any atom is 0.412 e. The number of carbonyl (C=O) groups is 2. The van der Waals surface area contributed by atoms with Crippen molar-refractivity contribution < 1.29 is 33.8 Å². The van der Waals surface area contributed by atoms with Gasteiger partial charge in [0.05, 0.1) is 0 Å². The number of ether oxygens (including phenoxy) is 2. The first kappa shape index (κ1) is 21.9. The summed E-state index contributed by atoms with van der Waals surface area (Å²) in [6, 6.07) is 12.0. The van der Waals surface area contributed by atoms with E-state index >= 15 is 0 Å². The van der Waals surface area contributed by atoms with Crippen LogP contribution in [0.25, 0.3) is 0 Å². The van der Waals surface area contributed by atoms with Crippen LogP contribution in [-0.2, 0) is 14.3 Å². The fraction of sp³-hybridized carbons (Fsp3) is 0.200. The van der Waals surface area contributed by atoms with Crippen LogP contribution < -0.4 is 10.8 Å². The van der Waals surface area contributed by atoms with Crippen LogP contribution in [0.15, 0.2) is 60.7 Å². The number of hydroxylamine groups is 1. The van der Waals surface area contributed by atoms with Gasteiger partial charge >= 0.3 is 6.09 Å². The van der Waals surface area contributed by atoms with E-state index in [9.17, 15) is 19.1 Å². The minimum absolute atomic E-state index is 0.191. The van der Waals surface area contributed by atoms with Crippen molar-refractivity contribution in [2.75, 3.05) is 11.9 Å². The molecule has 2 aromatic carbocycles. The van der Waals surface area contributed by atoms with Crippen LogP contribution in [-0.4, -0.2) is 35.0 Å². The second-order valence-electron chi connectivity index (χ2n) is 5.78. The molecule has 9 heteroatoms. The highest BCUT2D eigenvalue weighted by atomic mass is 19.1. The Morgan fingerprint density at radius 2 is 1.93 bits per heavy atom. The smallest absolute Gasteiger partial charge is 0.412 e. The van der Waals surface area contributed by atoms with Gasteiger partial charge < -0.3 is 14.6 Å². The van der Waals surface area contributed by atoms with Gasteiger partial charge in [-0.25, -0.2) is 14.7 Å². The Morgan fingerprint density at radius 3 is 2.55 bits per heavy atom. The largest absolute Gasteiger partial charge is 0.505 e. The summed E-state index contributed by atoms with van der Waals surface area (Å²) in [5.74, 6) is -2.30. The van der Waals surface area contributed by atoms with Crippen molar-refractivity contribution in [3.63, 3.8) is 0 Å². The number of hydrogen-bond acceptors (Lipinski definition) is 6. The fourth-order valence-corrected chi connectivity index (χ4v) is 2.46. The lowest BCUT2D eigenvalue weighted by Crippen LogP contribution is -2.28. The third-order valence-corrected chi connectivity index (χ3v) is 3.76. The molecule has 2 amide bonds. The van der Waals surface area contributed by atoms with E-state index in [1.165, 1.54) is 17.6 Å². The monoisotopic (exact) mass is 404 g/mol. The van der Waals surface area contributed by atoms with Crippen LogP contribution in [0, 0.1) is 5.82 Å². The number of halogens is 1. The van der Waals surface area contributed by atoms with Gasteiger partial charge in [0.2, 0.25) is 0 Å². The number of benzene rings is 2. The van der Waals surface area contributed by atoms with Gasteiger partial charge in [0, 0.05) is 18.4 Å². The molecule has 0 spiro atoms. The summed E-state index contributed by atoms with van der Waals surface area (Å²) in [6.07, 6.45) is -0.721. The molecule has 0 aromatic heterocycles. The van der Waals surface area contributed by atoms with Crippen molar-refractivity contribution in [1.82, 2.24) is 5.48 Å². The molecular formula is C20H21FN2O6. The molecule has 0 saturated heterocycles. The van der Waals surface area contributed by atoms with E-state index in [2.05, 4.69) is 5.32 Å². The molecule has 0 saturated carbocycles. The minimum Gasteiger partial charge on any atom is -0.505 e. The van der Waals surface area contributed by atoms with Crippen molar-refractivity contribution in [3.8, 4) is 5.75 Å². The number of hydrogen-bond donors (Lipinski definition) is 4. The molecule has 0 bridgehead atoms. The first-order valence-corrected chi connectivity index (χ1v) is 8.69. The predicted octanol–water partition coefficient (Wildman–Crippen LogP) is 3.29. The zero-order valence-electron chi connectivity index (χ0n) is 15.5. The zero-order chi connectivity index (χ0) is 21.2. The average Bonchev–Trinajstić information content (AvgIpc) is 2.72. The summed E-state index contributed by atoms with van der Waals surface area (Å²) in [5.41, 5.74) is 2.11. The standard InChI is InChI=1S/C20H21FN2O6/c1-2-28-17(10-11-18(25)23-27)19(13-8-9-16(24)15(21)12-13)29-20(26)22-14-6-4-3-5-7-14/h3-12,17,19,24,27H,2H2,1H3,(H,22,26)(H,23,25)/b11-10+/t17-,19-/m0/s1. The normalized spacial score (nSPS) is 12.9. The van der Waals surface area contributed by atoms with Crippen molar-refractivity contribution in [2.45, 2.75) is 19.1 Å². The highest BCUT2D eigenvalue weighted by molar-refractivity contribution is 5.86. The lowest BCUT2D eigenvalue weighted by atomic mass is 10.0. The summed E-state index contributed by atoms with van der Waals surface area (Å²) < 4.78 is 24.9. The summed E-state index contributed by atoms with van der Waals surface area (Å²) in [6.45, 7) is 1.88. The van der Waals surface area contributed by atoms with Gasteiger partial charge in [0.1, 0.15) is 6.10 Å². The third-order valence-electron chi connectivity index (χ3n) is 3.76. The molecule has 29 heavy (non-hydrogen) atoms. The molecule has 8 nitrogen and oxygen atoms in total. The van der Waals surface area contributed by atoms with Crippen molar-refractivity contribution in [2.24, 2.45) is 0 Å². The molecule has 0 aliphatic heterocycles. The molecule has 4 N–H and O–H groups in total. The molecule has 2 aromatic rings. The number of anilines is 1. The lowest BCUT2D eigenvalue weighted by Gasteiger charge is -2.25. The molecule has 0 aliphatic rings. The van der Waals surface area contributed by atoms with Crippen LogP contribution in [0.1, 0.15) is 18.6 Å². The van der Waals surface area contributed by atoms with Gasteiger partial charge in [-0.05, 0) is 42.8 Å². The topological polar surface area (TPSA) is 117 Å². The van der Waals surface area contributed by atoms with Crippen molar-refractivity contribution in [1.29, 1.82) is 0 Å². The van der Waals surface area contributed by atoms with Crippen LogP contribution in [0.4, 0.5) is 14.9 Å². The van der Waals surface area contributed by atoms with Crippen LogP contribution in [0.3, 0.4) is 0 Å². The predicted molar refractivity (Wildman–Crippen MR) is 102 cm³/mol. The fourth-order valence-electron chi connectivity index (χ4n) is 2.46. The molecule has 0 radical (unpaired) electrons. The molecule has 2 rings (SSSR count).